The number of nitrogens with one attached hydrogen (secondary N) is 1. The van der Waals surface area contributed by atoms with Crippen LogP contribution in [0.3, 0.4) is 0 Å². The lowest BCUT2D eigenvalue weighted by Crippen LogP contribution is -2.40. The molecular weight excluding hydrogens is 290 g/mol. The van der Waals surface area contributed by atoms with E-state index < -0.39 is 11.8 Å². The Bertz CT molecular complexity index is 725. The van der Waals surface area contributed by atoms with Crippen molar-refractivity contribution in [3.8, 4) is 0 Å². The van der Waals surface area contributed by atoms with Crippen LogP contribution in [0, 0.1) is 5.92 Å². The molecule has 3 rings (SSSR count). The normalized spacial score (nSPS) is 21.0. The van der Waals surface area contributed by atoms with E-state index in [0.717, 1.165) is 5.56 Å². The van der Waals surface area contributed by atoms with E-state index in [4.69, 9.17) is 0 Å². The third-order valence-corrected chi connectivity index (χ3v) is 4.12. The van der Waals surface area contributed by atoms with E-state index in [9.17, 15) is 14.4 Å². The van der Waals surface area contributed by atoms with Crippen molar-refractivity contribution in [2.24, 2.45) is 5.92 Å². The summed E-state index contributed by atoms with van der Waals surface area (Å²) in [5, 5.41) is 2.79. The zero-order valence-corrected chi connectivity index (χ0v) is 12.6. The molecule has 116 valence electrons. The van der Waals surface area contributed by atoms with E-state index in [0.29, 0.717) is 5.69 Å². The number of Topliss-reactive ketones (excluding diaryl/α,β-unsaturated/α-hetero) is 2. The highest BCUT2D eigenvalue weighted by Gasteiger charge is 2.41. The zero-order valence-electron chi connectivity index (χ0n) is 12.6. The van der Waals surface area contributed by atoms with Crippen molar-refractivity contribution in [2.45, 2.75) is 18.8 Å². The van der Waals surface area contributed by atoms with Gasteiger partial charge in [0, 0.05) is 18.0 Å². The molecule has 0 spiro atoms. The van der Waals surface area contributed by atoms with E-state index >= 15 is 0 Å². The highest BCUT2D eigenvalue weighted by molar-refractivity contribution is 6.15. The molecule has 1 aliphatic rings. The smallest absolute Gasteiger partial charge is 0.235 e. The van der Waals surface area contributed by atoms with Gasteiger partial charge in [0.15, 0.2) is 5.78 Å². The van der Waals surface area contributed by atoms with Crippen LogP contribution in [-0.2, 0) is 14.4 Å². The Kier molecular flexibility index (Phi) is 4.33. The second kappa shape index (κ2) is 6.57. The van der Waals surface area contributed by atoms with Crippen LogP contribution in [0.1, 0.15) is 24.3 Å². The van der Waals surface area contributed by atoms with E-state index in [1.165, 1.54) is 0 Å². The van der Waals surface area contributed by atoms with Crippen LogP contribution in [0.2, 0.25) is 0 Å². The van der Waals surface area contributed by atoms with Gasteiger partial charge in [-0.25, -0.2) is 0 Å². The van der Waals surface area contributed by atoms with Gasteiger partial charge in [0.1, 0.15) is 11.7 Å². The Balaban J connectivity index is 1.88. The van der Waals surface area contributed by atoms with Crippen LogP contribution in [0.5, 0.6) is 0 Å². The van der Waals surface area contributed by atoms with Crippen LogP contribution < -0.4 is 5.32 Å². The number of carbonyl (C=O) groups is 3. The second-order valence-electron chi connectivity index (χ2n) is 5.74. The maximum absolute atomic E-state index is 12.6. The molecule has 2 unspecified atom stereocenters. The Morgan fingerprint density at radius 1 is 0.913 bits per heavy atom. The Hall–Kier alpha value is -2.75. The van der Waals surface area contributed by atoms with Gasteiger partial charge in [-0.3, -0.25) is 14.4 Å². The van der Waals surface area contributed by atoms with Crippen molar-refractivity contribution >= 4 is 23.2 Å². The number of benzene rings is 2. The Labute approximate surface area is 134 Å². The van der Waals surface area contributed by atoms with E-state index in [1.807, 2.05) is 48.5 Å². The molecule has 2 aromatic carbocycles. The molecule has 1 fully saturated rings. The van der Waals surface area contributed by atoms with Crippen molar-refractivity contribution in [2.75, 3.05) is 5.32 Å². The number of rotatable bonds is 3. The highest BCUT2D eigenvalue weighted by Crippen LogP contribution is 2.35. The minimum atomic E-state index is -0.824. The molecule has 4 heteroatoms. The first kappa shape index (κ1) is 15.2. The molecular formula is C19H17NO3. The van der Waals surface area contributed by atoms with Gasteiger partial charge in [-0.1, -0.05) is 48.5 Å². The number of anilines is 1. The lowest BCUT2D eigenvalue weighted by atomic mass is 9.73. The second-order valence-corrected chi connectivity index (χ2v) is 5.74. The molecule has 4 nitrogen and oxygen atoms in total. The summed E-state index contributed by atoms with van der Waals surface area (Å²) in [7, 11) is 0. The fraction of sp³-hybridized carbons (Fsp3) is 0.211. The fourth-order valence-corrected chi connectivity index (χ4v) is 3.04. The maximum atomic E-state index is 12.6. The maximum Gasteiger partial charge on any atom is 0.235 e. The monoisotopic (exact) mass is 307 g/mol. The van der Waals surface area contributed by atoms with Gasteiger partial charge in [-0.2, -0.15) is 0 Å². The van der Waals surface area contributed by atoms with Crippen LogP contribution in [-0.4, -0.2) is 17.5 Å². The standard InChI is InChI=1S/C19H17NO3/c21-15-11-16(13-7-3-1-4-8-13)18(17(22)12-15)19(23)20-14-9-5-2-6-10-14/h1-10,16,18H,11-12H2,(H,20,23). The predicted octanol–water partition coefficient (Wildman–Crippen LogP) is 2.96. The molecule has 0 heterocycles. The number of hydrogen-bond donors (Lipinski definition) is 1. The number of carbonyl (C=O) groups excluding carboxylic acids is 3. The summed E-state index contributed by atoms with van der Waals surface area (Å²) in [5.41, 5.74) is 1.50. The molecule has 23 heavy (non-hydrogen) atoms. The third kappa shape index (κ3) is 3.37. The predicted molar refractivity (Wildman–Crippen MR) is 87.0 cm³/mol. The largest absolute Gasteiger partial charge is 0.325 e. The summed E-state index contributed by atoms with van der Waals surface area (Å²) in [6.45, 7) is 0. The molecule has 2 aromatic rings. The van der Waals surface area contributed by atoms with Crippen LogP contribution >= 0.6 is 0 Å². The SMILES string of the molecule is O=C1CC(=O)C(C(=O)Nc2ccccc2)C(c2ccccc2)C1. The first-order valence-corrected chi connectivity index (χ1v) is 7.60. The zero-order chi connectivity index (χ0) is 16.2. The van der Waals surface area contributed by atoms with Crippen molar-refractivity contribution < 1.29 is 14.4 Å². The van der Waals surface area contributed by atoms with E-state index in [2.05, 4.69) is 5.32 Å². The summed E-state index contributed by atoms with van der Waals surface area (Å²) in [4.78, 5) is 36.8. The van der Waals surface area contributed by atoms with E-state index in [1.54, 1.807) is 12.1 Å². The van der Waals surface area contributed by atoms with Crippen LogP contribution in [0.4, 0.5) is 5.69 Å². The summed E-state index contributed by atoms with van der Waals surface area (Å²) in [5.74, 6) is -1.97. The molecule has 0 aliphatic heterocycles. The molecule has 0 aromatic heterocycles. The molecule has 1 amide bonds. The quantitative estimate of drug-likeness (QED) is 0.887. The number of amides is 1. The Morgan fingerprint density at radius 3 is 2.17 bits per heavy atom. The fourth-order valence-electron chi connectivity index (χ4n) is 3.04. The molecule has 1 saturated carbocycles. The minimum absolute atomic E-state index is 0.104. The van der Waals surface area contributed by atoms with Gasteiger partial charge in [0.25, 0.3) is 0 Å². The van der Waals surface area contributed by atoms with Gasteiger partial charge in [-0.05, 0) is 17.7 Å². The first-order chi connectivity index (χ1) is 11.1. The molecule has 0 bridgehead atoms. The van der Waals surface area contributed by atoms with Crippen LogP contribution in [0.25, 0.3) is 0 Å². The van der Waals surface area contributed by atoms with Gasteiger partial charge in [-0.15, -0.1) is 0 Å². The molecule has 1 N–H and O–H groups in total. The van der Waals surface area contributed by atoms with Crippen molar-refractivity contribution in [3.63, 3.8) is 0 Å². The molecule has 0 radical (unpaired) electrons. The highest BCUT2D eigenvalue weighted by atomic mass is 16.2. The summed E-state index contributed by atoms with van der Waals surface area (Å²) in [6, 6.07) is 18.3. The molecule has 0 saturated heterocycles. The van der Waals surface area contributed by atoms with Gasteiger partial charge in [0.2, 0.25) is 5.91 Å². The molecule has 1 aliphatic carbocycles. The van der Waals surface area contributed by atoms with Crippen molar-refractivity contribution in [3.05, 3.63) is 66.2 Å². The summed E-state index contributed by atoms with van der Waals surface area (Å²) >= 11 is 0. The van der Waals surface area contributed by atoms with Crippen molar-refractivity contribution in [1.82, 2.24) is 0 Å². The lowest BCUT2D eigenvalue weighted by Gasteiger charge is -2.29. The summed E-state index contributed by atoms with van der Waals surface area (Å²) in [6.07, 6.45) is 0.0683. The lowest BCUT2D eigenvalue weighted by molar-refractivity contribution is -0.138. The molecule has 2 atom stereocenters. The number of ketones is 2. The average molecular weight is 307 g/mol. The summed E-state index contributed by atoms with van der Waals surface area (Å²) < 4.78 is 0. The van der Waals surface area contributed by atoms with E-state index in [-0.39, 0.29) is 30.3 Å². The number of para-hydroxylation sites is 1. The van der Waals surface area contributed by atoms with Gasteiger partial charge in [0.05, 0.1) is 6.42 Å². The minimum Gasteiger partial charge on any atom is -0.325 e. The van der Waals surface area contributed by atoms with Gasteiger partial charge < -0.3 is 5.32 Å². The van der Waals surface area contributed by atoms with Crippen molar-refractivity contribution in [1.29, 1.82) is 0 Å². The third-order valence-electron chi connectivity index (χ3n) is 4.12. The topological polar surface area (TPSA) is 63.2 Å². The number of hydrogen-bond acceptors (Lipinski definition) is 3. The Morgan fingerprint density at radius 2 is 1.52 bits per heavy atom. The van der Waals surface area contributed by atoms with Crippen LogP contribution in [0.15, 0.2) is 60.7 Å². The van der Waals surface area contributed by atoms with Gasteiger partial charge >= 0.3 is 0 Å². The first-order valence-electron chi connectivity index (χ1n) is 7.60. The average Bonchev–Trinajstić information content (AvgIpc) is 2.55.